The molecule has 7 heteroatoms. The Morgan fingerprint density at radius 1 is 0.756 bits per heavy atom. The molecule has 0 atom stereocenters. The molecule has 0 unspecified atom stereocenters. The Bertz CT molecular complexity index is 2040. The summed E-state index contributed by atoms with van der Waals surface area (Å²) in [5.74, 6) is 1.67. The third-order valence-corrected chi connectivity index (χ3v) is 9.39. The van der Waals surface area contributed by atoms with Crippen LogP contribution in [0.15, 0.2) is 131 Å². The minimum absolute atomic E-state index is 0.0414. The molecule has 216 valence electrons. The van der Waals surface area contributed by atoms with Gasteiger partial charge in [-0.1, -0.05) is 78.9 Å². The summed E-state index contributed by atoms with van der Waals surface area (Å²) in [5, 5.41) is 28.2. The van der Waals surface area contributed by atoms with Gasteiger partial charge in [0.1, 0.15) is 40.9 Å². The van der Waals surface area contributed by atoms with Crippen LogP contribution in [-0.2, 0) is 9.47 Å². The van der Waals surface area contributed by atoms with Gasteiger partial charge < -0.3 is 9.47 Å². The fourth-order valence-electron chi connectivity index (χ4n) is 5.07. The largest absolute Gasteiger partial charge is 0.480 e. The van der Waals surface area contributed by atoms with Crippen LogP contribution in [0.4, 0.5) is 0 Å². The topological polar surface area (TPSA) is 89.8 Å². The Hall–Kier alpha value is -5.65. The first-order valence-electron chi connectivity index (χ1n) is 14.1. The molecule has 4 heterocycles. The molecule has 0 fully saturated rings. The van der Waals surface area contributed by atoms with Crippen molar-refractivity contribution >= 4 is 55.7 Å². The summed E-state index contributed by atoms with van der Waals surface area (Å²) in [7, 11) is 0. The first-order chi connectivity index (χ1) is 21.9. The Balaban J connectivity index is 1.24. The van der Waals surface area contributed by atoms with E-state index in [9.17, 15) is 15.8 Å². The maximum atomic E-state index is 9.72. The molecule has 0 saturated carbocycles. The smallest absolute Gasteiger partial charge is 0.172 e. The Morgan fingerprint density at radius 3 is 1.89 bits per heavy atom. The maximum Gasteiger partial charge on any atom is 0.172 e. The van der Waals surface area contributed by atoms with Gasteiger partial charge in [0.25, 0.3) is 0 Å². The summed E-state index contributed by atoms with van der Waals surface area (Å²) in [6.45, 7) is 3.62. The van der Waals surface area contributed by atoms with Crippen molar-refractivity contribution in [1.29, 1.82) is 15.8 Å². The number of benzene rings is 2. The number of hydrogen-bond acceptors (Lipinski definition) is 7. The molecule has 2 aromatic heterocycles. The molecule has 45 heavy (non-hydrogen) atoms. The van der Waals surface area contributed by atoms with E-state index in [4.69, 9.17) is 9.47 Å². The van der Waals surface area contributed by atoms with Crippen LogP contribution in [0.25, 0.3) is 33.1 Å². The predicted octanol–water partition coefficient (Wildman–Crippen LogP) is 9.96. The van der Waals surface area contributed by atoms with E-state index in [0.29, 0.717) is 5.57 Å². The number of hydrogen-bond donors (Lipinski definition) is 0. The van der Waals surface area contributed by atoms with Gasteiger partial charge in [-0.25, -0.2) is 0 Å². The van der Waals surface area contributed by atoms with Crippen molar-refractivity contribution in [2.75, 3.05) is 0 Å². The van der Waals surface area contributed by atoms with Crippen molar-refractivity contribution < 1.29 is 9.47 Å². The second-order valence-electron chi connectivity index (χ2n) is 10.7. The van der Waals surface area contributed by atoms with E-state index in [1.807, 2.05) is 80.6 Å². The molecule has 2 aliphatic rings. The van der Waals surface area contributed by atoms with Crippen LogP contribution in [0, 0.1) is 34.0 Å². The summed E-state index contributed by atoms with van der Waals surface area (Å²) >= 11 is 3.45. The molecule has 0 amide bonds. The summed E-state index contributed by atoms with van der Waals surface area (Å²) in [6, 6.07) is 30.4. The van der Waals surface area contributed by atoms with E-state index >= 15 is 0 Å². The molecule has 2 aromatic carbocycles. The Kier molecular flexibility index (Phi) is 8.19. The van der Waals surface area contributed by atoms with Gasteiger partial charge in [0.15, 0.2) is 11.3 Å². The van der Waals surface area contributed by atoms with Gasteiger partial charge in [-0.05, 0) is 55.9 Å². The maximum absolute atomic E-state index is 9.72. The van der Waals surface area contributed by atoms with Gasteiger partial charge in [-0.3, -0.25) is 0 Å². The molecule has 4 aromatic rings. The molecule has 0 N–H and O–H groups in total. The molecule has 0 saturated heterocycles. The molecule has 0 aliphatic carbocycles. The first-order valence-corrected chi connectivity index (χ1v) is 15.7. The SMILES string of the molecule is CC1(C)OC(=C(C#N)C#N)C(C#N)=C1/C=C/C=C/c1cc2sc(C=C3C=C(c4ccccc4)OC(c4ccccc4)=C3)cc2s1. The van der Waals surface area contributed by atoms with Crippen LogP contribution in [0.3, 0.4) is 0 Å². The summed E-state index contributed by atoms with van der Waals surface area (Å²) in [5.41, 5.74) is 2.91. The molecule has 0 radical (unpaired) electrons. The summed E-state index contributed by atoms with van der Waals surface area (Å²) in [4.78, 5) is 2.27. The molecule has 2 aliphatic heterocycles. The molecular formula is C38H25N3O2S2. The predicted molar refractivity (Wildman–Crippen MR) is 182 cm³/mol. The number of fused-ring (bicyclic) bond motifs is 1. The van der Waals surface area contributed by atoms with E-state index in [1.165, 1.54) is 9.40 Å². The van der Waals surface area contributed by atoms with Crippen molar-refractivity contribution in [3.63, 3.8) is 0 Å². The normalized spacial score (nSPS) is 15.7. The van der Waals surface area contributed by atoms with Crippen molar-refractivity contribution in [1.82, 2.24) is 0 Å². The molecule has 5 nitrogen and oxygen atoms in total. The Morgan fingerprint density at radius 2 is 1.31 bits per heavy atom. The lowest BCUT2D eigenvalue weighted by Gasteiger charge is -2.20. The second-order valence-corrected chi connectivity index (χ2v) is 12.9. The van der Waals surface area contributed by atoms with Crippen LogP contribution >= 0.6 is 22.7 Å². The average molecular weight is 620 g/mol. The van der Waals surface area contributed by atoms with Crippen molar-refractivity contribution in [2.45, 2.75) is 19.4 Å². The lowest BCUT2D eigenvalue weighted by Crippen LogP contribution is -2.20. The van der Waals surface area contributed by atoms with Crippen molar-refractivity contribution in [3.05, 3.63) is 152 Å². The fraction of sp³-hybridized carbons (Fsp3) is 0.0789. The third-order valence-electron chi connectivity index (χ3n) is 7.19. The van der Waals surface area contributed by atoms with E-state index in [2.05, 4.69) is 60.7 Å². The zero-order valence-electron chi connectivity index (χ0n) is 24.4. The number of nitriles is 3. The van der Waals surface area contributed by atoms with Crippen LogP contribution < -0.4 is 0 Å². The number of rotatable bonds is 6. The molecule has 0 spiro atoms. The van der Waals surface area contributed by atoms with E-state index < -0.39 is 5.60 Å². The minimum atomic E-state index is -0.835. The third kappa shape index (κ3) is 6.21. The number of ether oxygens (including phenoxy) is 2. The van der Waals surface area contributed by atoms with Crippen LogP contribution in [0.5, 0.6) is 0 Å². The van der Waals surface area contributed by atoms with E-state index in [0.717, 1.165) is 38.0 Å². The van der Waals surface area contributed by atoms with Gasteiger partial charge >= 0.3 is 0 Å². The quantitative estimate of drug-likeness (QED) is 0.158. The molecular weight excluding hydrogens is 595 g/mol. The standard InChI is InChI=1S/C38H25N3O2S2/c1-38(2)32(31(24-41)37(43-38)28(22-39)23-40)16-10-9-15-29-20-35-36(44-29)21-30(45-35)17-25-18-33(26-11-5-3-6-12-26)42-34(19-25)27-13-7-4-8-14-27/h3-21H,1-2H3/b15-9+,16-10+. The Labute approximate surface area is 269 Å². The highest BCUT2D eigenvalue weighted by molar-refractivity contribution is 7.28. The highest BCUT2D eigenvalue weighted by Crippen LogP contribution is 2.40. The zero-order valence-corrected chi connectivity index (χ0v) is 26.1. The first kappa shape index (κ1) is 29.4. The number of allylic oxidation sites excluding steroid dienone is 7. The van der Waals surface area contributed by atoms with Crippen molar-refractivity contribution in [3.8, 4) is 18.2 Å². The fourth-order valence-corrected chi connectivity index (χ4v) is 7.36. The van der Waals surface area contributed by atoms with Gasteiger partial charge in [-0.15, -0.1) is 22.7 Å². The van der Waals surface area contributed by atoms with Crippen LogP contribution in [0.1, 0.15) is 34.7 Å². The number of nitrogens with zero attached hydrogens (tertiary/aromatic N) is 3. The van der Waals surface area contributed by atoms with E-state index in [-0.39, 0.29) is 16.9 Å². The lowest BCUT2D eigenvalue weighted by atomic mass is 9.95. The number of thiophene rings is 2. The summed E-state index contributed by atoms with van der Waals surface area (Å²) < 4.78 is 14.6. The summed E-state index contributed by atoms with van der Waals surface area (Å²) in [6.07, 6.45) is 14.0. The van der Waals surface area contributed by atoms with Gasteiger partial charge in [0.2, 0.25) is 0 Å². The molecule has 6 rings (SSSR count). The van der Waals surface area contributed by atoms with Crippen LogP contribution in [-0.4, -0.2) is 5.60 Å². The lowest BCUT2D eigenvalue weighted by molar-refractivity contribution is 0.0954. The second kappa shape index (κ2) is 12.5. The van der Waals surface area contributed by atoms with Gasteiger partial charge in [-0.2, -0.15) is 15.8 Å². The van der Waals surface area contributed by atoms with Crippen molar-refractivity contribution in [2.24, 2.45) is 0 Å². The van der Waals surface area contributed by atoms with E-state index in [1.54, 1.807) is 28.7 Å². The average Bonchev–Trinajstić information content (AvgIpc) is 3.69. The van der Waals surface area contributed by atoms with Crippen LogP contribution in [0.2, 0.25) is 0 Å². The van der Waals surface area contributed by atoms with Gasteiger partial charge in [0, 0.05) is 35.9 Å². The molecule has 0 bridgehead atoms. The minimum Gasteiger partial charge on any atom is -0.480 e. The highest BCUT2D eigenvalue weighted by atomic mass is 32.1. The van der Waals surface area contributed by atoms with Gasteiger partial charge in [0.05, 0.1) is 0 Å². The highest BCUT2D eigenvalue weighted by Gasteiger charge is 2.38. The zero-order chi connectivity index (χ0) is 31.4. The monoisotopic (exact) mass is 619 g/mol.